The van der Waals surface area contributed by atoms with Gasteiger partial charge in [-0.3, -0.25) is 0 Å². The molecule has 0 spiro atoms. The van der Waals surface area contributed by atoms with Crippen molar-refractivity contribution in [2.45, 2.75) is 18.9 Å². The third-order valence-corrected chi connectivity index (χ3v) is 2.65. The van der Waals surface area contributed by atoms with Gasteiger partial charge in [0.2, 0.25) is 0 Å². The molecule has 0 atom stereocenters. The number of hydrogen-bond acceptors (Lipinski definition) is 2. The van der Waals surface area contributed by atoms with Gasteiger partial charge in [0.25, 0.3) is 0 Å². The van der Waals surface area contributed by atoms with Crippen molar-refractivity contribution in [3.63, 3.8) is 0 Å². The molecule has 0 fully saturated rings. The van der Waals surface area contributed by atoms with E-state index in [0.29, 0.717) is 21.9 Å². The molecule has 14 heavy (non-hydrogen) atoms. The number of nitrogens with zero attached hydrogens (tertiary/aromatic N) is 1. The molecule has 1 heterocycles. The Bertz CT molecular complexity index is 355. The minimum Gasteiger partial charge on any atom is -0.365 e. The minimum atomic E-state index is 0.418. The topological polar surface area (TPSA) is 24.9 Å². The van der Waals surface area contributed by atoms with Crippen molar-refractivity contribution in [2.75, 3.05) is 5.32 Å². The van der Waals surface area contributed by atoms with Crippen molar-refractivity contribution in [2.24, 2.45) is 0 Å². The normalized spacial score (nSPS) is 16.1. The molecule has 74 valence electrons. The Kier molecular flexibility index (Phi) is 2.94. The van der Waals surface area contributed by atoms with Gasteiger partial charge in [-0.15, -0.1) is 0 Å². The van der Waals surface area contributed by atoms with Crippen molar-refractivity contribution in [1.82, 2.24) is 4.98 Å². The highest BCUT2D eigenvalue weighted by atomic mass is 35.5. The van der Waals surface area contributed by atoms with Crippen LogP contribution in [0.2, 0.25) is 10.0 Å². The van der Waals surface area contributed by atoms with Gasteiger partial charge in [0, 0.05) is 12.2 Å². The van der Waals surface area contributed by atoms with Crippen LogP contribution < -0.4 is 5.32 Å². The van der Waals surface area contributed by atoms with E-state index in [0.717, 1.165) is 12.8 Å². The van der Waals surface area contributed by atoms with Gasteiger partial charge in [0.05, 0.1) is 10.0 Å². The van der Waals surface area contributed by atoms with Gasteiger partial charge in [0.15, 0.2) is 0 Å². The van der Waals surface area contributed by atoms with Crippen LogP contribution >= 0.6 is 23.2 Å². The van der Waals surface area contributed by atoms with Crippen LogP contribution in [0.1, 0.15) is 12.8 Å². The average molecular weight is 229 g/mol. The van der Waals surface area contributed by atoms with Gasteiger partial charge < -0.3 is 5.32 Å². The van der Waals surface area contributed by atoms with Gasteiger partial charge in [-0.25, -0.2) is 4.98 Å². The third kappa shape index (κ3) is 2.20. The van der Waals surface area contributed by atoms with E-state index in [1.54, 1.807) is 12.3 Å². The number of halogens is 2. The molecule has 0 bridgehead atoms. The Labute approximate surface area is 92.9 Å². The SMILES string of the molecule is Clc1cnc(NC2CC=CC2)c(Cl)c1. The Morgan fingerprint density at radius 1 is 1.29 bits per heavy atom. The second kappa shape index (κ2) is 4.20. The summed E-state index contributed by atoms with van der Waals surface area (Å²) in [7, 11) is 0. The summed E-state index contributed by atoms with van der Waals surface area (Å²) in [5.74, 6) is 0.713. The minimum absolute atomic E-state index is 0.418. The van der Waals surface area contributed by atoms with E-state index in [2.05, 4.69) is 22.5 Å². The molecular weight excluding hydrogens is 219 g/mol. The maximum atomic E-state index is 5.98. The van der Waals surface area contributed by atoms with Crippen molar-refractivity contribution in [3.8, 4) is 0 Å². The predicted molar refractivity (Wildman–Crippen MR) is 60.0 cm³/mol. The van der Waals surface area contributed by atoms with Gasteiger partial charge in [0.1, 0.15) is 5.82 Å². The summed E-state index contributed by atoms with van der Waals surface area (Å²) in [6.07, 6.45) is 7.96. The summed E-state index contributed by atoms with van der Waals surface area (Å²) < 4.78 is 0. The van der Waals surface area contributed by atoms with Crippen LogP contribution in [0.3, 0.4) is 0 Å². The van der Waals surface area contributed by atoms with Crippen LogP contribution in [0.4, 0.5) is 5.82 Å². The maximum absolute atomic E-state index is 5.98. The van der Waals surface area contributed by atoms with E-state index in [9.17, 15) is 0 Å². The molecule has 1 aromatic rings. The molecule has 0 unspecified atom stereocenters. The fourth-order valence-electron chi connectivity index (χ4n) is 1.45. The molecule has 2 nitrogen and oxygen atoms in total. The summed E-state index contributed by atoms with van der Waals surface area (Å²) in [5, 5.41) is 4.41. The van der Waals surface area contributed by atoms with Crippen LogP contribution in [0.15, 0.2) is 24.4 Å². The second-order valence-electron chi connectivity index (χ2n) is 3.27. The monoisotopic (exact) mass is 228 g/mol. The fourth-order valence-corrected chi connectivity index (χ4v) is 1.88. The first-order valence-electron chi connectivity index (χ1n) is 4.48. The average Bonchev–Trinajstić information content (AvgIpc) is 2.62. The van der Waals surface area contributed by atoms with E-state index < -0.39 is 0 Å². The van der Waals surface area contributed by atoms with Crippen LogP contribution in [-0.2, 0) is 0 Å². The standard InChI is InChI=1S/C10H10Cl2N2/c11-7-5-9(12)10(13-6-7)14-8-3-1-2-4-8/h1-2,5-6,8H,3-4H2,(H,13,14). The summed E-state index contributed by atoms with van der Waals surface area (Å²) >= 11 is 11.7. The molecule has 1 aromatic heterocycles. The first-order valence-corrected chi connectivity index (χ1v) is 5.24. The number of rotatable bonds is 2. The Morgan fingerprint density at radius 3 is 2.64 bits per heavy atom. The van der Waals surface area contributed by atoms with Crippen molar-refractivity contribution in [3.05, 3.63) is 34.5 Å². The quantitative estimate of drug-likeness (QED) is 0.784. The molecule has 1 N–H and O–H groups in total. The Hall–Kier alpha value is -0.730. The van der Waals surface area contributed by atoms with E-state index in [4.69, 9.17) is 23.2 Å². The summed E-state index contributed by atoms with van der Waals surface area (Å²) in [6.45, 7) is 0. The number of nitrogens with one attached hydrogen (secondary N) is 1. The van der Waals surface area contributed by atoms with Crippen molar-refractivity contribution >= 4 is 29.0 Å². The summed E-state index contributed by atoms with van der Waals surface area (Å²) in [5.41, 5.74) is 0. The summed E-state index contributed by atoms with van der Waals surface area (Å²) in [6, 6.07) is 2.11. The van der Waals surface area contributed by atoms with E-state index in [-0.39, 0.29) is 0 Å². The zero-order valence-electron chi connectivity index (χ0n) is 7.50. The lowest BCUT2D eigenvalue weighted by molar-refractivity contribution is 0.781. The largest absolute Gasteiger partial charge is 0.365 e. The second-order valence-corrected chi connectivity index (χ2v) is 4.11. The van der Waals surface area contributed by atoms with Crippen LogP contribution in [0.25, 0.3) is 0 Å². The smallest absolute Gasteiger partial charge is 0.145 e. The highest BCUT2D eigenvalue weighted by Crippen LogP contribution is 2.25. The third-order valence-electron chi connectivity index (χ3n) is 2.16. The highest BCUT2D eigenvalue weighted by Gasteiger charge is 2.12. The fraction of sp³-hybridized carbons (Fsp3) is 0.300. The molecule has 0 aliphatic heterocycles. The molecule has 1 aliphatic rings. The van der Waals surface area contributed by atoms with Crippen LogP contribution in [-0.4, -0.2) is 11.0 Å². The van der Waals surface area contributed by atoms with E-state index in [1.807, 2.05) is 0 Å². The number of anilines is 1. The van der Waals surface area contributed by atoms with Crippen molar-refractivity contribution < 1.29 is 0 Å². The Balaban J connectivity index is 2.08. The number of pyridine rings is 1. The first kappa shape index (κ1) is 9.81. The van der Waals surface area contributed by atoms with Gasteiger partial charge >= 0.3 is 0 Å². The van der Waals surface area contributed by atoms with Crippen molar-refractivity contribution in [1.29, 1.82) is 0 Å². The molecule has 0 saturated heterocycles. The molecule has 0 aromatic carbocycles. The van der Waals surface area contributed by atoms with E-state index in [1.165, 1.54) is 0 Å². The summed E-state index contributed by atoms with van der Waals surface area (Å²) in [4.78, 5) is 4.14. The highest BCUT2D eigenvalue weighted by molar-refractivity contribution is 6.35. The maximum Gasteiger partial charge on any atom is 0.145 e. The molecule has 2 rings (SSSR count). The van der Waals surface area contributed by atoms with Gasteiger partial charge in [-0.1, -0.05) is 35.4 Å². The van der Waals surface area contributed by atoms with Crippen LogP contribution in [0, 0.1) is 0 Å². The van der Waals surface area contributed by atoms with Crippen LogP contribution in [0.5, 0.6) is 0 Å². The van der Waals surface area contributed by atoms with Gasteiger partial charge in [-0.05, 0) is 18.9 Å². The lowest BCUT2D eigenvalue weighted by Gasteiger charge is -2.13. The molecule has 1 aliphatic carbocycles. The molecule has 0 radical (unpaired) electrons. The molecule has 4 heteroatoms. The Morgan fingerprint density at radius 2 is 2.00 bits per heavy atom. The zero-order valence-corrected chi connectivity index (χ0v) is 9.02. The number of hydrogen-bond donors (Lipinski definition) is 1. The first-order chi connectivity index (χ1) is 6.75. The lowest BCUT2D eigenvalue weighted by Crippen LogP contribution is -2.16. The number of aromatic nitrogens is 1. The van der Waals surface area contributed by atoms with Gasteiger partial charge in [-0.2, -0.15) is 0 Å². The molecule has 0 amide bonds. The predicted octanol–water partition coefficient (Wildman–Crippen LogP) is 3.52. The van der Waals surface area contributed by atoms with E-state index >= 15 is 0 Å². The molecular formula is C10H10Cl2N2. The zero-order chi connectivity index (χ0) is 9.97. The lowest BCUT2D eigenvalue weighted by atomic mass is 10.2. The molecule has 0 saturated carbocycles.